The molecule has 1 aliphatic rings. The molecule has 1 N–H and O–H groups in total. The molecule has 94 valence electrons. The summed E-state index contributed by atoms with van der Waals surface area (Å²) in [5.41, 5.74) is 2.13. The van der Waals surface area contributed by atoms with Crippen LogP contribution in [0.1, 0.15) is 37.3 Å². The number of nitrogens with zero attached hydrogens (tertiary/aromatic N) is 1. The summed E-state index contributed by atoms with van der Waals surface area (Å²) < 4.78 is 19.0. The van der Waals surface area contributed by atoms with Gasteiger partial charge in [-0.1, -0.05) is 36.6 Å². The Morgan fingerprint density at radius 2 is 2.28 bits per heavy atom. The molecule has 1 saturated carbocycles. The first-order chi connectivity index (χ1) is 8.54. The van der Waals surface area contributed by atoms with Crippen LogP contribution < -0.4 is 0 Å². The number of nitriles is 1. The van der Waals surface area contributed by atoms with Crippen LogP contribution in [0, 0.1) is 16.1 Å². The highest BCUT2D eigenvalue weighted by Gasteiger charge is 2.44. The van der Waals surface area contributed by atoms with Crippen molar-refractivity contribution < 1.29 is 4.21 Å². The zero-order valence-corrected chi connectivity index (χ0v) is 11.1. The van der Waals surface area contributed by atoms with E-state index in [1.54, 1.807) is 6.07 Å². The molecule has 1 aromatic carbocycles. The molecule has 0 amide bonds. The molecule has 0 atom stereocenters. The van der Waals surface area contributed by atoms with Crippen LogP contribution >= 0.6 is 0 Å². The second kappa shape index (κ2) is 4.58. The number of hydrogen-bond acceptors (Lipinski definition) is 4. The maximum Gasteiger partial charge on any atom is 0.0823 e. The van der Waals surface area contributed by atoms with Crippen LogP contribution in [0.25, 0.3) is 5.57 Å². The highest BCUT2D eigenvalue weighted by atomic mass is 32.2. The summed E-state index contributed by atoms with van der Waals surface area (Å²) in [5, 5.41) is 9.17. The van der Waals surface area contributed by atoms with Gasteiger partial charge in [0, 0.05) is 0 Å². The van der Waals surface area contributed by atoms with Crippen molar-refractivity contribution in [2.24, 2.45) is 0 Å². The lowest BCUT2D eigenvalue weighted by atomic mass is 9.94. The third-order valence-corrected chi connectivity index (χ3v) is 4.24. The minimum absolute atomic E-state index is 0.403. The third kappa shape index (κ3) is 2.06. The van der Waals surface area contributed by atoms with Gasteiger partial charge >= 0.3 is 0 Å². The topological polar surface area (TPSA) is 64.7 Å². The Balaban J connectivity index is 2.55. The van der Waals surface area contributed by atoms with Crippen molar-refractivity contribution in [3.8, 4) is 6.07 Å². The SMILES string of the molecule is C=C(CC)c1ccc(C2(C#N)CC2)cc1[S-](=N)=O. The standard InChI is InChI=1S/C14H15N2OS/c1-3-10(2)12-5-4-11(8-13(12)18(16)17)14(9-15)6-7-14/h4-5,8,16H,2-3,6-7H2,1H3/q-1. The summed E-state index contributed by atoms with van der Waals surface area (Å²) in [4.78, 5) is 0.473. The first kappa shape index (κ1) is 12.8. The number of hydrogen-bond donors (Lipinski definition) is 1. The quantitative estimate of drug-likeness (QED) is 0.837. The average Bonchev–Trinajstić information content (AvgIpc) is 3.18. The maximum atomic E-state index is 11.5. The van der Waals surface area contributed by atoms with E-state index >= 15 is 0 Å². The summed E-state index contributed by atoms with van der Waals surface area (Å²) in [5.74, 6) is 0. The van der Waals surface area contributed by atoms with E-state index in [2.05, 4.69) is 12.6 Å². The van der Waals surface area contributed by atoms with E-state index in [4.69, 9.17) is 4.78 Å². The van der Waals surface area contributed by atoms with Gasteiger partial charge in [-0.3, -0.25) is 0 Å². The molecule has 0 heterocycles. The Kier molecular flexibility index (Phi) is 3.27. The van der Waals surface area contributed by atoms with Crippen molar-refractivity contribution in [1.82, 2.24) is 0 Å². The zero-order valence-electron chi connectivity index (χ0n) is 10.3. The summed E-state index contributed by atoms with van der Waals surface area (Å²) in [7, 11) is -1.80. The van der Waals surface area contributed by atoms with Gasteiger partial charge in [-0.15, -0.1) is 0 Å². The molecule has 0 spiro atoms. The highest BCUT2D eigenvalue weighted by Crippen LogP contribution is 2.48. The van der Waals surface area contributed by atoms with Gasteiger partial charge in [0.2, 0.25) is 0 Å². The average molecular weight is 259 g/mol. The molecule has 0 bridgehead atoms. The maximum absolute atomic E-state index is 11.5. The fourth-order valence-corrected chi connectivity index (χ4v) is 2.69. The summed E-state index contributed by atoms with van der Waals surface area (Å²) in [6.07, 6.45) is 2.45. The number of rotatable bonds is 4. The van der Waals surface area contributed by atoms with Crippen molar-refractivity contribution in [2.45, 2.75) is 36.5 Å². The van der Waals surface area contributed by atoms with E-state index < -0.39 is 16.0 Å². The van der Waals surface area contributed by atoms with E-state index in [0.717, 1.165) is 36.0 Å². The normalized spacial score (nSPS) is 16.3. The van der Waals surface area contributed by atoms with E-state index in [-0.39, 0.29) is 0 Å². The van der Waals surface area contributed by atoms with Crippen LogP contribution in [-0.2, 0) is 20.2 Å². The summed E-state index contributed by atoms with van der Waals surface area (Å²) in [6, 6.07) is 7.81. The van der Waals surface area contributed by atoms with Gasteiger partial charge in [-0.05, 0) is 36.0 Å². The molecule has 1 aliphatic carbocycles. The van der Waals surface area contributed by atoms with Gasteiger partial charge < -0.3 is 8.99 Å². The fourth-order valence-electron chi connectivity index (χ4n) is 2.05. The number of benzene rings is 1. The molecular weight excluding hydrogens is 244 g/mol. The number of nitrogens with one attached hydrogen (secondary N) is 1. The molecule has 1 fully saturated rings. The van der Waals surface area contributed by atoms with Gasteiger partial charge in [0.15, 0.2) is 0 Å². The van der Waals surface area contributed by atoms with Crippen molar-refractivity contribution >= 4 is 16.2 Å². The monoisotopic (exact) mass is 259 g/mol. The molecule has 4 heteroatoms. The smallest absolute Gasteiger partial charge is 0.0823 e. The lowest BCUT2D eigenvalue weighted by molar-refractivity contribution is 0.598. The Morgan fingerprint density at radius 3 is 2.72 bits per heavy atom. The van der Waals surface area contributed by atoms with E-state index in [1.807, 2.05) is 19.1 Å². The molecule has 0 radical (unpaired) electrons. The molecule has 0 aromatic heterocycles. The van der Waals surface area contributed by atoms with E-state index in [9.17, 15) is 9.47 Å². The van der Waals surface area contributed by atoms with Crippen molar-refractivity contribution in [3.63, 3.8) is 0 Å². The van der Waals surface area contributed by atoms with Crippen LogP contribution in [0.4, 0.5) is 0 Å². The first-order valence-electron chi connectivity index (χ1n) is 5.91. The van der Waals surface area contributed by atoms with E-state index in [1.165, 1.54) is 0 Å². The lowest BCUT2D eigenvalue weighted by Crippen LogP contribution is -2.04. The van der Waals surface area contributed by atoms with Gasteiger partial charge in [0.05, 0.1) is 11.5 Å². The molecule has 0 aliphatic heterocycles. The highest BCUT2D eigenvalue weighted by molar-refractivity contribution is 7.73. The molecule has 2 rings (SSSR count). The van der Waals surface area contributed by atoms with Crippen molar-refractivity contribution in [2.75, 3.05) is 0 Å². The van der Waals surface area contributed by atoms with Crippen LogP contribution in [0.3, 0.4) is 0 Å². The fraction of sp³-hybridized carbons (Fsp3) is 0.357. The molecular formula is C14H15N2OS-. The Bertz CT molecular complexity index is 611. The van der Waals surface area contributed by atoms with Gasteiger partial charge in [-0.25, -0.2) is 0 Å². The Labute approximate surface area is 109 Å². The predicted octanol–water partition coefficient (Wildman–Crippen LogP) is 3.75. The minimum Gasteiger partial charge on any atom is -0.440 e. The van der Waals surface area contributed by atoms with Crippen LogP contribution in [0.2, 0.25) is 0 Å². The van der Waals surface area contributed by atoms with E-state index in [0.29, 0.717) is 4.90 Å². The predicted molar refractivity (Wildman–Crippen MR) is 71.3 cm³/mol. The molecule has 0 saturated heterocycles. The third-order valence-electron chi connectivity index (χ3n) is 3.51. The Hall–Kier alpha value is -1.60. The van der Waals surface area contributed by atoms with Gasteiger partial charge in [0.1, 0.15) is 0 Å². The molecule has 3 nitrogen and oxygen atoms in total. The van der Waals surface area contributed by atoms with Crippen LogP contribution in [0.5, 0.6) is 0 Å². The van der Waals surface area contributed by atoms with Crippen LogP contribution in [0.15, 0.2) is 29.7 Å². The van der Waals surface area contributed by atoms with Gasteiger partial charge in [-0.2, -0.15) is 15.9 Å². The number of allylic oxidation sites excluding steroid dienone is 1. The van der Waals surface area contributed by atoms with Gasteiger partial charge in [0.25, 0.3) is 0 Å². The molecule has 1 aromatic rings. The Morgan fingerprint density at radius 1 is 1.61 bits per heavy atom. The zero-order chi connectivity index (χ0) is 13.3. The van der Waals surface area contributed by atoms with Crippen molar-refractivity contribution in [3.05, 3.63) is 35.9 Å². The first-order valence-corrected chi connectivity index (χ1v) is 7.06. The van der Waals surface area contributed by atoms with Crippen molar-refractivity contribution in [1.29, 1.82) is 10.0 Å². The second-order valence-corrected chi connectivity index (χ2v) is 5.61. The molecule has 0 unspecified atom stereocenters. The summed E-state index contributed by atoms with van der Waals surface area (Å²) in [6.45, 7) is 5.91. The lowest BCUT2D eigenvalue weighted by Gasteiger charge is -2.16. The minimum atomic E-state index is -1.80. The largest absolute Gasteiger partial charge is 0.440 e. The summed E-state index contributed by atoms with van der Waals surface area (Å²) >= 11 is 0. The van der Waals surface area contributed by atoms with Crippen LogP contribution in [-0.4, -0.2) is 0 Å². The second-order valence-electron chi connectivity index (χ2n) is 4.63. The molecule has 18 heavy (non-hydrogen) atoms.